The van der Waals surface area contributed by atoms with E-state index in [1.54, 1.807) is 6.21 Å². The Morgan fingerprint density at radius 1 is 1.23 bits per heavy atom. The van der Waals surface area contributed by atoms with Crippen LogP contribution in [0.3, 0.4) is 0 Å². The Morgan fingerprint density at radius 3 is 2.23 bits per heavy atom. The van der Waals surface area contributed by atoms with Crippen molar-refractivity contribution in [2.75, 3.05) is 0 Å². The maximum Gasteiger partial charge on any atom is 0.164 e. The van der Waals surface area contributed by atoms with E-state index in [9.17, 15) is 5.21 Å². The van der Waals surface area contributed by atoms with Gasteiger partial charge in [-0.3, -0.25) is 0 Å². The molecule has 0 fully saturated rings. The van der Waals surface area contributed by atoms with Crippen LogP contribution in [0.15, 0.2) is 12.7 Å². The molecule has 0 unspecified atom stereocenters. The second-order valence-electron chi connectivity index (χ2n) is 4.25. The molecule has 0 aliphatic rings. The minimum atomic E-state index is -0.293. The lowest BCUT2D eigenvalue weighted by molar-refractivity contribution is -0.532. The van der Waals surface area contributed by atoms with Crippen molar-refractivity contribution in [2.45, 2.75) is 52.0 Å². The zero-order valence-corrected chi connectivity index (χ0v) is 9.05. The van der Waals surface area contributed by atoms with Crippen molar-refractivity contribution in [3.63, 3.8) is 0 Å². The summed E-state index contributed by atoms with van der Waals surface area (Å²) in [6, 6.07) is 0. The van der Waals surface area contributed by atoms with Crippen LogP contribution in [-0.2, 0) is 0 Å². The fourth-order valence-electron chi connectivity index (χ4n) is 0.915. The molecule has 2 nitrogen and oxygen atoms in total. The van der Waals surface area contributed by atoms with Gasteiger partial charge in [0.2, 0.25) is 0 Å². The van der Waals surface area contributed by atoms with Gasteiger partial charge in [0.05, 0.1) is 0 Å². The van der Waals surface area contributed by atoms with E-state index >= 15 is 0 Å². The molecule has 0 N–H and O–H groups in total. The topological polar surface area (TPSA) is 26.1 Å². The molecule has 0 heterocycles. The SMILES string of the molecule is C=CCCCC/C=[N+](\[O-])C(C)(C)C. The van der Waals surface area contributed by atoms with Crippen LogP contribution in [0.5, 0.6) is 0 Å². The van der Waals surface area contributed by atoms with Gasteiger partial charge < -0.3 is 5.21 Å². The largest absolute Gasteiger partial charge is 0.624 e. The van der Waals surface area contributed by atoms with Gasteiger partial charge in [-0.05, 0) is 19.3 Å². The molecule has 2 heteroatoms. The average Bonchev–Trinajstić information content (AvgIpc) is 2.02. The molecule has 0 atom stereocenters. The molecule has 0 saturated carbocycles. The van der Waals surface area contributed by atoms with Crippen molar-refractivity contribution < 1.29 is 4.74 Å². The molecule has 0 rings (SSSR count). The summed E-state index contributed by atoms with van der Waals surface area (Å²) in [5.41, 5.74) is -0.293. The van der Waals surface area contributed by atoms with Gasteiger partial charge in [0, 0.05) is 27.2 Å². The van der Waals surface area contributed by atoms with Crippen molar-refractivity contribution in [2.24, 2.45) is 0 Å². The lowest BCUT2D eigenvalue weighted by Gasteiger charge is -2.18. The quantitative estimate of drug-likeness (QED) is 0.161. The van der Waals surface area contributed by atoms with E-state index in [0.717, 1.165) is 30.4 Å². The Labute approximate surface area is 81.6 Å². The average molecular weight is 183 g/mol. The molecule has 76 valence electrons. The van der Waals surface area contributed by atoms with E-state index in [0.29, 0.717) is 0 Å². The number of hydrogen-bond donors (Lipinski definition) is 0. The van der Waals surface area contributed by atoms with Crippen LogP contribution in [0.2, 0.25) is 0 Å². The number of nitrogens with zero attached hydrogens (tertiary/aromatic N) is 1. The summed E-state index contributed by atoms with van der Waals surface area (Å²) in [5, 5.41) is 11.3. The van der Waals surface area contributed by atoms with Gasteiger partial charge in [0.15, 0.2) is 11.8 Å². The second kappa shape index (κ2) is 5.79. The maximum absolute atomic E-state index is 11.3. The molecule has 0 spiro atoms. The van der Waals surface area contributed by atoms with Crippen LogP contribution in [0.25, 0.3) is 0 Å². The number of rotatable bonds is 5. The van der Waals surface area contributed by atoms with Gasteiger partial charge in [-0.1, -0.05) is 6.08 Å². The van der Waals surface area contributed by atoms with Gasteiger partial charge in [-0.2, -0.15) is 0 Å². The highest BCUT2D eigenvalue weighted by molar-refractivity contribution is 5.51. The highest BCUT2D eigenvalue weighted by Gasteiger charge is 2.17. The first kappa shape index (κ1) is 12.2. The van der Waals surface area contributed by atoms with E-state index in [1.807, 2.05) is 26.8 Å². The lowest BCUT2D eigenvalue weighted by atomic mass is 10.1. The molecular formula is C11H21NO. The summed E-state index contributed by atoms with van der Waals surface area (Å²) >= 11 is 0. The summed E-state index contributed by atoms with van der Waals surface area (Å²) < 4.78 is 1.04. The molecule has 0 aliphatic heterocycles. The highest BCUT2D eigenvalue weighted by atomic mass is 16.5. The third-order valence-electron chi connectivity index (χ3n) is 1.82. The van der Waals surface area contributed by atoms with E-state index in [-0.39, 0.29) is 5.54 Å². The van der Waals surface area contributed by atoms with Gasteiger partial charge >= 0.3 is 0 Å². The van der Waals surface area contributed by atoms with Gasteiger partial charge in [0.1, 0.15) is 0 Å². The first-order valence-electron chi connectivity index (χ1n) is 4.89. The van der Waals surface area contributed by atoms with Crippen LogP contribution in [0.1, 0.15) is 46.5 Å². The van der Waals surface area contributed by atoms with E-state index in [4.69, 9.17) is 0 Å². The Bertz CT molecular complexity index is 177. The minimum absolute atomic E-state index is 0.293. The summed E-state index contributed by atoms with van der Waals surface area (Å²) in [6.07, 6.45) is 7.76. The fourth-order valence-corrected chi connectivity index (χ4v) is 0.915. The molecule has 0 radical (unpaired) electrons. The van der Waals surface area contributed by atoms with Crippen LogP contribution >= 0.6 is 0 Å². The first-order chi connectivity index (χ1) is 5.98. The van der Waals surface area contributed by atoms with E-state index < -0.39 is 0 Å². The molecule has 0 aliphatic carbocycles. The Hall–Kier alpha value is -0.790. The molecule has 0 aromatic carbocycles. The predicted octanol–water partition coefficient (Wildman–Crippen LogP) is 3.11. The predicted molar refractivity (Wildman–Crippen MR) is 58.1 cm³/mol. The third kappa shape index (κ3) is 6.38. The van der Waals surface area contributed by atoms with Crippen LogP contribution in [0, 0.1) is 5.21 Å². The monoisotopic (exact) mass is 183 g/mol. The zero-order chi connectivity index (χ0) is 10.3. The minimum Gasteiger partial charge on any atom is -0.624 e. The van der Waals surface area contributed by atoms with E-state index in [1.165, 1.54) is 0 Å². The molecule has 0 saturated heterocycles. The molecule has 0 aromatic rings. The molecule has 0 amide bonds. The highest BCUT2D eigenvalue weighted by Crippen LogP contribution is 2.05. The van der Waals surface area contributed by atoms with Crippen molar-refractivity contribution in [3.8, 4) is 0 Å². The first-order valence-corrected chi connectivity index (χ1v) is 4.89. The third-order valence-corrected chi connectivity index (χ3v) is 1.82. The number of hydrogen-bond acceptors (Lipinski definition) is 1. The second-order valence-corrected chi connectivity index (χ2v) is 4.25. The molecule has 13 heavy (non-hydrogen) atoms. The van der Waals surface area contributed by atoms with Crippen molar-refractivity contribution >= 4 is 6.21 Å². The summed E-state index contributed by atoms with van der Waals surface area (Å²) in [6.45, 7) is 9.40. The van der Waals surface area contributed by atoms with Crippen LogP contribution < -0.4 is 0 Å². The zero-order valence-electron chi connectivity index (χ0n) is 9.05. The fraction of sp³-hybridized carbons (Fsp3) is 0.727. The molecule has 0 bridgehead atoms. The van der Waals surface area contributed by atoms with Crippen molar-refractivity contribution in [1.82, 2.24) is 0 Å². The number of unbranched alkanes of at least 4 members (excludes halogenated alkanes) is 3. The summed E-state index contributed by atoms with van der Waals surface area (Å²) in [5.74, 6) is 0. The normalized spacial score (nSPS) is 13.0. The molecule has 0 aromatic heterocycles. The number of hydroxylamine groups is 1. The standard InChI is InChI=1S/C11H21NO/c1-5-6-7-8-9-10-12(13)11(2,3)4/h5,10H,1,6-9H2,2-4H3/b12-10-. The van der Waals surface area contributed by atoms with E-state index in [2.05, 4.69) is 6.58 Å². The Morgan fingerprint density at radius 2 is 1.77 bits per heavy atom. The van der Waals surface area contributed by atoms with Crippen LogP contribution in [-0.4, -0.2) is 16.5 Å². The van der Waals surface area contributed by atoms with Crippen molar-refractivity contribution in [3.05, 3.63) is 17.9 Å². The maximum atomic E-state index is 11.3. The Balaban J connectivity index is 3.66. The van der Waals surface area contributed by atoms with Crippen LogP contribution in [0.4, 0.5) is 0 Å². The lowest BCUT2D eigenvalue weighted by Crippen LogP contribution is -2.29. The molecular weight excluding hydrogens is 162 g/mol. The van der Waals surface area contributed by atoms with Crippen molar-refractivity contribution in [1.29, 1.82) is 0 Å². The Kier molecular flexibility index (Phi) is 5.44. The summed E-state index contributed by atoms with van der Waals surface area (Å²) in [4.78, 5) is 0. The van der Waals surface area contributed by atoms with Gasteiger partial charge in [-0.25, -0.2) is 4.74 Å². The summed E-state index contributed by atoms with van der Waals surface area (Å²) in [7, 11) is 0. The smallest absolute Gasteiger partial charge is 0.164 e. The van der Waals surface area contributed by atoms with Gasteiger partial charge in [-0.15, -0.1) is 6.58 Å². The number of allylic oxidation sites excluding steroid dienone is 1. The van der Waals surface area contributed by atoms with Gasteiger partial charge in [0.25, 0.3) is 0 Å².